The molecule has 0 aromatic carbocycles. The number of nitrogens with one attached hydrogen (secondary N) is 1. The molecule has 0 bridgehead atoms. The van der Waals surface area contributed by atoms with Crippen LogP contribution in [0.25, 0.3) is 0 Å². The van der Waals surface area contributed by atoms with Crippen molar-refractivity contribution in [2.45, 2.75) is 59.0 Å². The number of halogens is 1. The Hall–Kier alpha value is -0.680. The highest BCUT2D eigenvalue weighted by atomic mass is 79.9. The highest BCUT2D eigenvalue weighted by Crippen LogP contribution is 2.42. The number of nitrogens with zero attached hydrogens (tertiary/aromatic N) is 1. The van der Waals surface area contributed by atoms with Gasteiger partial charge in [-0.2, -0.15) is 0 Å². The zero-order chi connectivity index (χ0) is 15.6. The van der Waals surface area contributed by atoms with Crippen LogP contribution < -0.4 is 5.56 Å². The molecule has 5 heteroatoms. The second-order valence-corrected chi connectivity index (χ2v) is 7.85. The highest BCUT2D eigenvalue weighted by molar-refractivity contribution is 9.10. The van der Waals surface area contributed by atoms with Crippen LogP contribution in [-0.4, -0.2) is 17.1 Å². The van der Waals surface area contributed by atoms with Gasteiger partial charge in [0.2, 0.25) is 0 Å². The fourth-order valence-corrected chi connectivity index (χ4v) is 3.49. The first kappa shape index (κ1) is 16.7. The summed E-state index contributed by atoms with van der Waals surface area (Å²) >= 11 is 3.29. The van der Waals surface area contributed by atoms with Crippen molar-refractivity contribution in [3.05, 3.63) is 26.3 Å². The molecule has 0 amide bonds. The molecule has 0 radical (unpaired) electrons. The molecule has 1 fully saturated rings. The molecule has 1 heterocycles. The van der Waals surface area contributed by atoms with E-state index in [2.05, 4.69) is 46.7 Å². The standard InChI is InChI=1S/C16H25BrN2O2/c1-16(2,3)11-7-5-10(6-8-11)14-18-12(9-21-4)13(17)15(20)19-14/h10-11H,5-9H2,1-4H3,(H,18,19,20). The van der Waals surface area contributed by atoms with Gasteiger partial charge in [0.25, 0.3) is 5.56 Å². The van der Waals surface area contributed by atoms with Crippen LogP contribution in [0.5, 0.6) is 0 Å². The Bertz CT molecular complexity index is 540. The number of methoxy groups -OCH3 is 1. The van der Waals surface area contributed by atoms with Crippen LogP contribution in [0.4, 0.5) is 0 Å². The topological polar surface area (TPSA) is 55.0 Å². The number of hydrogen-bond donors (Lipinski definition) is 1. The van der Waals surface area contributed by atoms with E-state index >= 15 is 0 Å². The van der Waals surface area contributed by atoms with Gasteiger partial charge >= 0.3 is 0 Å². The largest absolute Gasteiger partial charge is 0.378 e. The molecule has 1 aliphatic rings. The first-order valence-corrected chi connectivity index (χ1v) is 8.39. The lowest BCUT2D eigenvalue weighted by Crippen LogP contribution is -2.27. The van der Waals surface area contributed by atoms with Crippen molar-refractivity contribution < 1.29 is 4.74 Å². The monoisotopic (exact) mass is 356 g/mol. The molecule has 0 aliphatic heterocycles. The van der Waals surface area contributed by atoms with Crippen LogP contribution >= 0.6 is 15.9 Å². The van der Waals surface area contributed by atoms with Crippen LogP contribution in [0.2, 0.25) is 0 Å². The maximum atomic E-state index is 12.0. The molecule has 0 atom stereocenters. The zero-order valence-electron chi connectivity index (χ0n) is 13.3. The van der Waals surface area contributed by atoms with Gasteiger partial charge in [-0.3, -0.25) is 4.79 Å². The fourth-order valence-electron chi connectivity index (χ4n) is 3.18. The molecule has 21 heavy (non-hydrogen) atoms. The third-order valence-electron chi connectivity index (χ3n) is 4.57. The maximum absolute atomic E-state index is 12.0. The molecule has 4 nitrogen and oxygen atoms in total. The number of hydrogen-bond acceptors (Lipinski definition) is 3. The Kier molecular flexibility index (Phi) is 5.25. The summed E-state index contributed by atoms with van der Waals surface area (Å²) < 4.78 is 5.61. The minimum absolute atomic E-state index is 0.106. The summed E-state index contributed by atoms with van der Waals surface area (Å²) in [6.07, 6.45) is 4.60. The Labute approximate surface area is 134 Å². The molecular weight excluding hydrogens is 332 g/mol. The van der Waals surface area contributed by atoms with Crippen LogP contribution in [0, 0.1) is 11.3 Å². The fraction of sp³-hybridized carbons (Fsp3) is 0.750. The quantitative estimate of drug-likeness (QED) is 0.890. The van der Waals surface area contributed by atoms with Crippen LogP contribution in [0.3, 0.4) is 0 Å². The third-order valence-corrected chi connectivity index (χ3v) is 5.39. The van der Waals surface area contributed by atoms with E-state index in [0.29, 0.717) is 28.1 Å². The minimum Gasteiger partial charge on any atom is -0.378 e. The van der Waals surface area contributed by atoms with E-state index in [0.717, 1.165) is 24.6 Å². The van der Waals surface area contributed by atoms with Gasteiger partial charge in [0.1, 0.15) is 10.3 Å². The summed E-state index contributed by atoms with van der Waals surface area (Å²) in [6, 6.07) is 0. The third kappa shape index (κ3) is 3.95. The Morgan fingerprint density at radius 3 is 2.43 bits per heavy atom. The molecule has 1 aliphatic carbocycles. The molecule has 0 spiro atoms. The summed E-state index contributed by atoms with van der Waals surface area (Å²) in [5.41, 5.74) is 0.950. The molecule has 2 rings (SSSR count). The number of rotatable bonds is 3. The van der Waals surface area contributed by atoms with Crippen LogP contribution in [0.15, 0.2) is 9.27 Å². The summed E-state index contributed by atoms with van der Waals surface area (Å²) in [6.45, 7) is 7.30. The lowest BCUT2D eigenvalue weighted by Gasteiger charge is -2.36. The van der Waals surface area contributed by atoms with Crippen molar-refractivity contribution in [1.82, 2.24) is 9.97 Å². The van der Waals surface area contributed by atoms with Crippen molar-refractivity contribution in [3.63, 3.8) is 0 Å². The van der Waals surface area contributed by atoms with Gasteiger partial charge in [-0.25, -0.2) is 4.98 Å². The lowest BCUT2D eigenvalue weighted by atomic mass is 9.69. The van der Waals surface area contributed by atoms with Gasteiger partial charge in [-0.15, -0.1) is 0 Å². The Morgan fingerprint density at radius 2 is 1.90 bits per heavy atom. The second kappa shape index (κ2) is 6.61. The number of ether oxygens (including phenoxy) is 1. The number of H-pyrrole nitrogens is 1. The van der Waals surface area contributed by atoms with E-state index in [1.807, 2.05) is 0 Å². The molecular formula is C16H25BrN2O2. The van der Waals surface area contributed by atoms with Gasteiger partial charge in [-0.1, -0.05) is 20.8 Å². The molecule has 1 aromatic heterocycles. The van der Waals surface area contributed by atoms with Gasteiger partial charge in [0, 0.05) is 13.0 Å². The van der Waals surface area contributed by atoms with Crippen LogP contribution in [-0.2, 0) is 11.3 Å². The number of aromatic nitrogens is 2. The number of aromatic amines is 1. The van der Waals surface area contributed by atoms with E-state index in [9.17, 15) is 4.79 Å². The van der Waals surface area contributed by atoms with Gasteiger partial charge in [-0.05, 0) is 52.9 Å². The summed E-state index contributed by atoms with van der Waals surface area (Å²) in [7, 11) is 1.61. The van der Waals surface area contributed by atoms with E-state index in [1.54, 1.807) is 7.11 Å². The first-order chi connectivity index (χ1) is 9.82. The molecule has 118 valence electrons. The predicted molar refractivity (Wildman–Crippen MR) is 87.4 cm³/mol. The first-order valence-electron chi connectivity index (χ1n) is 7.60. The molecule has 1 saturated carbocycles. The van der Waals surface area contributed by atoms with Gasteiger partial charge in [0.15, 0.2) is 0 Å². The van der Waals surface area contributed by atoms with Crippen molar-refractivity contribution >= 4 is 15.9 Å². The van der Waals surface area contributed by atoms with E-state index in [4.69, 9.17) is 4.74 Å². The predicted octanol–water partition coefficient (Wildman–Crippen LogP) is 4.00. The van der Waals surface area contributed by atoms with Gasteiger partial charge in [0.05, 0.1) is 12.3 Å². The average Bonchev–Trinajstić information content (AvgIpc) is 2.43. The molecule has 1 N–H and O–H groups in total. The van der Waals surface area contributed by atoms with Crippen molar-refractivity contribution in [2.24, 2.45) is 11.3 Å². The SMILES string of the molecule is COCc1nc(C2CCC(C(C)(C)C)CC2)[nH]c(=O)c1Br. The average molecular weight is 357 g/mol. The van der Waals surface area contributed by atoms with E-state index < -0.39 is 0 Å². The smallest absolute Gasteiger partial charge is 0.265 e. The second-order valence-electron chi connectivity index (χ2n) is 7.06. The van der Waals surface area contributed by atoms with E-state index in [-0.39, 0.29) is 5.56 Å². The minimum atomic E-state index is -0.106. The summed E-state index contributed by atoms with van der Waals surface area (Å²) in [5.74, 6) is 1.94. The highest BCUT2D eigenvalue weighted by Gasteiger charge is 2.31. The normalized spacial score (nSPS) is 23.3. The Balaban J connectivity index is 2.15. The zero-order valence-corrected chi connectivity index (χ0v) is 14.9. The molecule has 1 aromatic rings. The Morgan fingerprint density at radius 1 is 1.29 bits per heavy atom. The summed E-state index contributed by atoms with van der Waals surface area (Å²) in [5, 5.41) is 0. The van der Waals surface area contributed by atoms with Crippen molar-refractivity contribution in [1.29, 1.82) is 0 Å². The van der Waals surface area contributed by atoms with Gasteiger partial charge < -0.3 is 9.72 Å². The lowest BCUT2D eigenvalue weighted by molar-refractivity contribution is 0.165. The maximum Gasteiger partial charge on any atom is 0.265 e. The van der Waals surface area contributed by atoms with Crippen molar-refractivity contribution in [2.75, 3.05) is 7.11 Å². The van der Waals surface area contributed by atoms with Crippen molar-refractivity contribution in [3.8, 4) is 0 Å². The molecule has 0 saturated heterocycles. The van der Waals surface area contributed by atoms with Crippen LogP contribution in [0.1, 0.15) is 63.9 Å². The summed E-state index contributed by atoms with van der Waals surface area (Å²) in [4.78, 5) is 19.5. The molecule has 0 unspecified atom stereocenters. The van der Waals surface area contributed by atoms with E-state index in [1.165, 1.54) is 12.8 Å².